The van der Waals surface area contributed by atoms with E-state index in [0.717, 1.165) is 31.4 Å². The fraction of sp³-hybridized carbons (Fsp3) is 0.391. The molecular formula is C23H26FN3O3. The average Bonchev–Trinajstić information content (AvgIpc) is 3.27. The Morgan fingerprint density at radius 1 is 1.13 bits per heavy atom. The Hall–Kier alpha value is -2.93. The Balaban J connectivity index is 1.43. The molecule has 2 fully saturated rings. The highest BCUT2D eigenvalue weighted by Crippen LogP contribution is 2.23. The number of halogens is 1. The molecule has 7 heteroatoms. The summed E-state index contributed by atoms with van der Waals surface area (Å²) in [5, 5.41) is 2.92. The van der Waals surface area contributed by atoms with Gasteiger partial charge in [0, 0.05) is 44.0 Å². The minimum atomic E-state index is -0.310. The third-order valence-corrected chi connectivity index (χ3v) is 5.51. The summed E-state index contributed by atoms with van der Waals surface area (Å²) in [6.45, 7) is 2.80. The largest absolute Gasteiger partial charge is 0.376 e. The van der Waals surface area contributed by atoms with Crippen molar-refractivity contribution >= 4 is 17.6 Å². The second kappa shape index (κ2) is 9.26. The fourth-order valence-electron chi connectivity index (χ4n) is 3.95. The molecule has 0 spiro atoms. The van der Waals surface area contributed by atoms with Gasteiger partial charge in [-0.1, -0.05) is 18.2 Å². The van der Waals surface area contributed by atoms with Crippen molar-refractivity contribution in [3.05, 3.63) is 65.5 Å². The number of rotatable bonds is 6. The minimum absolute atomic E-state index is 0.0807. The molecule has 2 aliphatic rings. The summed E-state index contributed by atoms with van der Waals surface area (Å²) in [6.07, 6.45) is 2.87. The molecule has 0 unspecified atom stereocenters. The van der Waals surface area contributed by atoms with E-state index in [-0.39, 0.29) is 23.9 Å². The highest BCUT2D eigenvalue weighted by molar-refractivity contribution is 5.98. The van der Waals surface area contributed by atoms with Crippen LogP contribution < -0.4 is 10.2 Å². The Morgan fingerprint density at radius 2 is 2.00 bits per heavy atom. The number of nitrogens with one attached hydrogen (secondary N) is 1. The van der Waals surface area contributed by atoms with Crippen LogP contribution in [-0.4, -0.2) is 49.2 Å². The molecule has 1 atom stereocenters. The van der Waals surface area contributed by atoms with E-state index in [0.29, 0.717) is 37.4 Å². The summed E-state index contributed by atoms with van der Waals surface area (Å²) in [5.41, 5.74) is 1.96. The highest BCUT2D eigenvalue weighted by atomic mass is 19.1. The molecule has 30 heavy (non-hydrogen) atoms. The van der Waals surface area contributed by atoms with E-state index in [9.17, 15) is 14.0 Å². The molecule has 0 aromatic heterocycles. The number of urea groups is 1. The first-order valence-electron chi connectivity index (χ1n) is 10.4. The molecule has 0 aliphatic carbocycles. The summed E-state index contributed by atoms with van der Waals surface area (Å²) in [7, 11) is 0. The van der Waals surface area contributed by atoms with Crippen LogP contribution in [-0.2, 0) is 11.3 Å². The van der Waals surface area contributed by atoms with Gasteiger partial charge in [-0.2, -0.15) is 0 Å². The molecule has 1 N–H and O–H groups in total. The van der Waals surface area contributed by atoms with Crippen LogP contribution >= 0.6 is 0 Å². The Morgan fingerprint density at radius 3 is 2.80 bits per heavy atom. The number of hydrogen-bond donors (Lipinski definition) is 1. The van der Waals surface area contributed by atoms with Crippen LogP contribution in [0.25, 0.3) is 0 Å². The van der Waals surface area contributed by atoms with Crippen LogP contribution in [0.2, 0.25) is 0 Å². The molecule has 4 rings (SSSR count). The Labute approximate surface area is 175 Å². The van der Waals surface area contributed by atoms with Crippen LogP contribution in [0.3, 0.4) is 0 Å². The summed E-state index contributed by atoms with van der Waals surface area (Å²) in [5.74, 6) is -0.482. The van der Waals surface area contributed by atoms with E-state index < -0.39 is 0 Å². The molecule has 2 aliphatic heterocycles. The van der Waals surface area contributed by atoms with Crippen molar-refractivity contribution in [1.29, 1.82) is 0 Å². The summed E-state index contributed by atoms with van der Waals surface area (Å²) < 4.78 is 19.0. The zero-order valence-electron chi connectivity index (χ0n) is 16.9. The van der Waals surface area contributed by atoms with Crippen molar-refractivity contribution < 1.29 is 18.7 Å². The maximum atomic E-state index is 13.5. The van der Waals surface area contributed by atoms with Crippen LogP contribution in [0.1, 0.15) is 35.2 Å². The molecule has 0 bridgehead atoms. The van der Waals surface area contributed by atoms with E-state index in [2.05, 4.69) is 5.32 Å². The SMILES string of the molecule is O=C(NC[C@H]1CCCO1)c1cccc(N2CCCN(Cc3cccc(F)c3)C2=O)c1. The van der Waals surface area contributed by atoms with Gasteiger partial charge in [0.05, 0.1) is 6.10 Å². The zero-order chi connectivity index (χ0) is 20.9. The van der Waals surface area contributed by atoms with Crippen LogP contribution in [0.15, 0.2) is 48.5 Å². The van der Waals surface area contributed by atoms with Crippen molar-refractivity contribution in [3.63, 3.8) is 0 Å². The lowest BCUT2D eigenvalue weighted by atomic mass is 10.1. The molecule has 0 saturated carbocycles. The number of carbonyl (C=O) groups excluding carboxylic acids is 2. The number of nitrogens with zero attached hydrogens (tertiary/aromatic N) is 2. The van der Waals surface area contributed by atoms with Crippen molar-refractivity contribution in [1.82, 2.24) is 10.2 Å². The molecule has 158 valence electrons. The van der Waals surface area contributed by atoms with E-state index in [1.54, 1.807) is 34.1 Å². The van der Waals surface area contributed by atoms with Gasteiger partial charge in [0.15, 0.2) is 0 Å². The first-order chi connectivity index (χ1) is 14.6. The number of anilines is 1. The second-order valence-corrected chi connectivity index (χ2v) is 7.73. The third kappa shape index (κ3) is 4.79. The number of hydrogen-bond acceptors (Lipinski definition) is 3. The van der Waals surface area contributed by atoms with Gasteiger partial charge in [-0.15, -0.1) is 0 Å². The van der Waals surface area contributed by atoms with Gasteiger partial charge in [0.25, 0.3) is 5.91 Å². The lowest BCUT2D eigenvalue weighted by Crippen LogP contribution is -2.49. The molecule has 2 aromatic rings. The van der Waals surface area contributed by atoms with Gasteiger partial charge in [0.1, 0.15) is 5.82 Å². The molecule has 2 aromatic carbocycles. The topological polar surface area (TPSA) is 61.9 Å². The Bertz CT molecular complexity index is 914. The van der Waals surface area contributed by atoms with Gasteiger partial charge < -0.3 is 15.0 Å². The molecule has 2 heterocycles. The van der Waals surface area contributed by atoms with E-state index >= 15 is 0 Å². The normalized spacial score (nSPS) is 19.2. The number of benzene rings is 2. The maximum Gasteiger partial charge on any atom is 0.324 e. The third-order valence-electron chi connectivity index (χ3n) is 5.51. The number of carbonyl (C=O) groups is 2. The molecule has 3 amide bonds. The van der Waals surface area contributed by atoms with E-state index in [1.807, 2.05) is 12.1 Å². The van der Waals surface area contributed by atoms with E-state index in [1.165, 1.54) is 12.1 Å². The lowest BCUT2D eigenvalue weighted by molar-refractivity contribution is 0.0857. The molecular weight excluding hydrogens is 385 g/mol. The number of amides is 3. The Kier molecular flexibility index (Phi) is 6.28. The first kappa shape index (κ1) is 20.3. The number of ether oxygens (including phenoxy) is 1. The summed E-state index contributed by atoms with van der Waals surface area (Å²) in [6, 6.07) is 13.3. The quantitative estimate of drug-likeness (QED) is 0.791. The van der Waals surface area contributed by atoms with E-state index in [4.69, 9.17) is 4.74 Å². The van der Waals surface area contributed by atoms with Gasteiger partial charge in [0.2, 0.25) is 0 Å². The summed E-state index contributed by atoms with van der Waals surface area (Å²) in [4.78, 5) is 29.0. The van der Waals surface area contributed by atoms with Crippen molar-refractivity contribution in [2.75, 3.05) is 31.1 Å². The van der Waals surface area contributed by atoms with Crippen LogP contribution in [0, 0.1) is 5.82 Å². The van der Waals surface area contributed by atoms with Crippen LogP contribution in [0.5, 0.6) is 0 Å². The van der Waals surface area contributed by atoms with Crippen molar-refractivity contribution in [2.24, 2.45) is 0 Å². The molecule has 6 nitrogen and oxygen atoms in total. The van der Waals surface area contributed by atoms with Crippen molar-refractivity contribution in [2.45, 2.75) is 31.9 Å². The average molecular weight is 411 g/mol. The van der Waals surface area contributed by atoms with Gasteiger partial charge in [-0.25, -0.2) is 9.18 Å². The van der Waals surface area contributed by atoms with Gasteiger partial charge >= 0.3 is 6.03 Å². The molecule has 0 radical (unpaired) electrons. The predicted molar refractivity (Wildman–Crippen MR) is 112 cm³/mol. The smallest absolute Gasteiger partial charge is 0.324 e. The minimum Gasteiger partial charge on any atom is -0.376 e. The monoisotopic (exact) mass is 411 g/mol. The highest BCUT2D eigenvalue weighted by Gasteiger charge is 2.27. The summed E-state index contributed by atoms with van der Waals surface area (Å²) >= 11 is 0. The van der Waals surface area contributed by atoms with Crippen LogP contribution in [0.4, 0.5) is 14.9 Å². The standard InChI is InChI=1S/C23H26FN3O3/c24-19-7-1-5-17(13-19)16-26-10-4-11-27(23(26)29)20-8-2-6-18(14-20)22(28)25-15-21-9-3-12-30-21/h1-2,5-8,13-14,21H,3-4,9-12,15-16H2,(H,25,28)/t21-/m1/s1. The zero-order valence-corrected chi connectivity index (χ0v) is 16.9. The predicted octanol–water partition coefficient (Wildman–Crippen LogP) is 3.57. The molecule has 2 saturated heterocycles. The first-order valence-corrected chi connectivity index (χ1v) is 10.4. The van der Waals surface area contributed by atoms with Gasteiger partial charge in [-0.05, 0) is 55.2 Å². The lowest BCUT2D eigenvalue weighted by Gasteiger charge is -2.35. The van der Waals surface area contributed by atoms with Gasteiger partial charge in [-0.3, -0.25) is 9.69 Å². The fourth-order valence-corrected chi connectivity index (χ4v) is 3.95. The van der Waals surface area contributed by atoms with Crippen molar-refractivity contribution in [3.8, 4) is 0 Å². The maximum absolute atomic E-state index is 13.5. The second-order valence-electron chi connectivity index (χ2n) is 7.73.